The van der Waals surface area contributed by atoms with Crippen LogP contribution in [0.3, 0.4) is 0 Å². The Kier molecular flexibility index (Phi) is 5.26. The minimum absolute atomic E-state index is 0.0500. The average molecular weight is 279 g/mol. The molecule has 2 N–H and O–H groups in total. The molecule has 1 aliphatic rings. The number of aliphatic hydroxyl groups is 1. The molecule has 1 aliphatic heterocycles. The van der Waals surface area contributed by atoms with Gasteiger partial charge in [0.05, 0.1) is 19.3 Å². The summed E-state index contributed by atoms with van der Waals surface area (Å²) < 4.78 is 11.6. The first-order valence-corrected chi connectivity index (χ1v) is 7.50. The predicted octanol–water partition coefficient (Wildman–Crippen LogP) is 2.44. The molecule has 0 saturated carbocycles. The quantitative estimate of drug-likeness (QED) is 0.805. The molecule has 0 fully saturated rings. The van der Waals surface area contributed by atoms with Crippen LogP contribution >= 0.6 is 0 Å². The highest BCUT2D eigenvalue weighted by molar-refractivity contribution is 5.50. The number of hydrogen-bond acceptors (Lipinski definition) is 4. The van der Waals surface area contributed by atoms with E-state index in [4.69, 9.17) is 9.47 Å². The zero-order chi connectivity index (χ0) is 14.5. The molecule has 0 saturated heterocycles. The zero-order valence-corrected chi connectivity index (χ0v) is 12.6. The maximum atomic E-state index is 9.64. The lowest BCUT2D eigenvalue weighted by Gasteiger charge is -2.20. The van der Waals surface area contributed by atoms with Crippen LogP contribution in [0.5, 0.6) is 11.5 Å². The molecular weight excluding hydrogens is 254 g/mol. The van der Waals surface area contributed by atoms with Gasteiger partial charge in [-0.3, -0.25) is 0 Å². The van der Waals surface area contributed by atoms with Crippen molar-refractivity contribution in [3.05, 3.63) is 23.3 Å². The summed E-state index contributed by atoms with van der Waals surface area (Å²) in [6.07, 6.45) is 2.16. The Morgan fingerprint density at radius 3 is 2.90 bits per heavy atom. The number of aliphatic hydroxyl groups excluding tert-OH is 1. The fourth-order valence-corrected chi connectivity index (χ4v) is 2.60. The van der Waals surface area contributed by atoms with Crippen molar-refractivity contribution in [2.45, 2.75) is 45.8 Å². The molecule has 4 heteroatoms. The van der Waals surface area contributed by atoms with Crippen LogP contribution in [0.1, 0.15) is 44.4 Å². The van der Waals surface area contributed by atoms with Crippen molar-refractivity contribution in [3.8, 4) is 11.5 Å². The van der Waals surface area contributed by atoms with Crippen LogP contribution in [0.15, 0.2) is 12.1 Å². The van der Waals surface area contributed by atoms with Gasteiger partial charge in [0.1, 0.15) is 17.6 Å². The largest absolute Gasteiger partial charge is 0.494 e. The molecule has 1 heterocycles. The Hall–Kier alpha value is -1.26. The summed E-state index contributed by atoms with van der Waals surface area (Å²) in [6, 6.07) is 3.97. The van der Waals surface area contributed by atoms with Crippen molar-refractivity contribution < 1.29 is 14.6 Å². The van der Waals surface area contributed by atoms with Crippen LogP contribution in [0.2, 0.25) is 0 Å². The smallest absolute Gasteiger partial charge is 0.124 e. The fourth-order valence-electron chi connectivity index (χ4n) is 2.60. The summed E-state index contributed by atoms with van der Waals surface area (Å²) in [5.74, 6) is 1.78. The summed E-state index contributed by atoms with van der Waals surface area (Å²) in [7, 11) is 0. The van der Waals surface area contributed by atoms with Crippen LogP contribution in [-0.4, -0.2) is 31.0 Å². The van der Waals surface area contributed by atoms with Gasteiger partial charge in [-0.25, -0.2) is 0 Å². The van der Waals surface area contributed by atoms with Crippen molar-refractivity contribution in [3.63, 3.8) is 0 Å². The molecule has 2 rings (SSSR count). The van der Waals surface area contributed by atoms with Gasteiger partial charge in [-0.15, -0.1) is 0 Å². The van der Waals surface area contributed by atoms with Crippen LogP contribution in [0.25, 0.3) is 0 Å². The van der Waals surface area contributed by atoms with Gasteiger partial charge >= 0.3 is 0 Å². The van der Waals surface area contributed by atoms with E-state index in [9.17, 15) is 5.11 Å². The van der Waals surface area contributed by atoms with Crippen molar-refractivity contribution in [2.75, 3.05) is 19.8 Å². The summed E-state index contributed by atoms with van der Waals surface area (Å²) >= 11 is 0. The van der Waals surface area contributed by atoms with Crippen LogP contribution < -0.4 is 14.8 Å². The SMILES string of the molecule is CCCNC(CO)c1cc2c(cc1OCC)CC(C)O2. The molecular formula is C16H25NO3. The molecule has 0 amide bonds. The molecule has 0 bridgehead atoms. The number of fused-ring (bicyclic) bond motifs is 1. The Morgan fingerprint density at radius 2 is 2.25 bits per heavy atom. The number of ether oxygens (including phenoxy) is 2. The molecule has 1 aromatic rings. The van der Waals surface area contributed by atoms with E-state index in [1.807, 2.05) is 13.0 Å². The Balaban J connectivity index is 2.31. The highest BCUT2D eigenvalue weighted by atomic mass is 16.5. The Bertz CT molecular complexity index is 448. The number of nitrogens with one attached hydrogen (secondary N) is 1. The lowest BCUT2D eigenvalue weighted by molar-refractivity contribution is 0.237. The first kappa shape index (κ1) is 15.1. The second-order valence-corrected chi connectivity index (χ2v) is 5.25. The normalized spacial score (nSPS) is 18.5. The second kappa shape index (κ2) is 6.95. The molecule has 4 nitrogen and oxygen atoms in total. The first-order chi connectivity index (χ1) is 9.69. The second-order valence-electron chi connectivity index (χ2n) is 5.25. The van der Waals surface area contributed by atoms with Gasteiger partial charge in [-0.05, 0) is 38.9 Å². The zero-order valence-electron chi connectivity index (χ0n) is 12.6. The summed E-state index contributed by atoms with van der Waals surface area (Å²) in [5, 5.41) is 13.0. The lowest BCUT2D eigenvalue weighted by atomic mass is 10.0. The third-order valence-corrected chi connectivity index (χ3v) is 3.53. The van der Waals surface area contributed by atoms with Gasteiger partial charge in [0, 0.05) is 17.5 Å². The third-order valence-electron chi connectivity index (χ3n) is 3.53. The Morgan fingerprint density at radius 1 is 1.45 bits per heavy atom. The van der Waals surface area contributed by atoms with E-state index in [0.717, 1.165) is 36.4 Å². The van der Waals surface area contributed by atoms with E-state index in [-0.39, 0.29) is 18.8 Å². The molecule has 0 spiro atoms. The van der Waals surface area contributed by atoms with Gasteiger partial charge in [-0.2, -0.15) is 0 Å². The van der Waals surface area contributed by atoms with Crippen LogP contribution in [0.4, 0.5) is 0 Å². The van der Waals surface area contributed by atoms with Crippen molar-refractivity contribution in [1.82, 2.24) is 5.32 Å². The number of benzene rings is 1. The highest BCUT2D eigenvalue weighted by Crippen LogP contribution is 2.37. The topological polar surface area (TPSA) is 50.7 Å². The standard InChI is InChI=1S/C16H25NO3/c1-4-6-17-14(10-18)13-9-15-12(7-11(3)20-15)8-16(13)19-5-2/h8-9,11,14,17-18H,4-7,10H2,1-3H3. The van der Waals surface area contributed by atoms with Crippen molar-refractivity contribution >= 4 is 0 Å². The molecule has 112 valence electrons. The monoisotopic (exact) mass is 279 g/mol. The van der Waals surface area contributed by atoms with Crippen molar-refractivity contribution in [2.24, 2.45) is 0 Å². The molecule has 20 heavy (non-hydrogen) atoms. The summed E-state index contributed by atoms with van der Waals surface area (Å²) in [5.41, 5.74) is 2.17. The minimum atomic E-state index is -0.110. The number of hydrogen-bond donors (Lipinski definition) is 2. The van der Waals surface area contributed by atoms with E-state index in [1.165, 1.54) is 5.56 Å². The van der Waals surface area contributed by atoms with E-state index >= 15 is 0 Å². The predicted molar refractivity (Wildman–Crippen MR) is 79.5 cm³/mol. The van der Waals surface area contributed by atoms with Gasteiger partial charge in [-0.1, -0.05) is 6.92 Å². The third kappa shape index (κ3) is 3.25. The fraction of sp³-hybridized carbons (Fsp3) is 0.625. The summed E-state index contributed by atoms with van der Waals surface area (Å²) in [4.78, 5) is 0. The van der Waals surface area contributed by atoms with Crippen LogP contribution in [0, 0.1) is 0 Å². The molecule has 0 aromatic heterocycles. The molecule has 2 atom stereocenters. The lowest BCUT2D eigenvalue weighted by Crippen LogP contribution is -2.25. The maximum absolute atomic E-state index is 9.64. The maximum Gasteiger partial charge on any atom is 0.124 e. The molecule has 2 unspecified atom stereocenters. The van der Waals surface area contributed by atoms with E-state index < -0.39 is 0 Å². The van der Waals surface area contributed by atoms with Gasteiger partial charge < -0.3 is 19.9 Å². The van der Waals surface area contributed by atoms with E-state index in [2.05, 4.69) is 25.2 Å². The van der Waals surface area contributed by atoms with Gasteiger partial charge in [0.25, 0.3) is 0 Å². The molecule has 0 radical (unpaired) electrons. The van der Waals surface area contributed by atoms with Crippen molar-refractivity contribution in [1.29, 1.82) is 0 Å². The molecule has 0 aliphatic carbocycles. The molecule has 1 aromatic carbocycles. The van der Waals surface area contributed by atoms with Crippen LogP contribution in [-0.2, 0) is 6.42 Å². The number of rotatable bonds is 7. The average Bonchev–Trinajstić information content (AvgIpc) is 2.79. The minimum Gasteiger partial charge on any atom is -0.494 e. The Labute approximate surface area is 121 Å². The van der Waals surface area contributed by atoms with E-state index in [1.54, 1.807) is 0 Å². The first-order valence-electron chi connectivity index (χ1n) is 7.50. The summed E-state index contributed by atoms with van der Waals surface area (Å²) in [6.45, 7) is 7.69. The van der Waals surface area contributed by atoms with E-state index in [0.29, 0.717) is 6.61 Å². The highest BCUT2D eigenvalue weighted by Gasteiger charge is 2.24. The van der Waals surface area contributed by atoms with Gasteiger partial charge in [0.15, 0.2) is 0 Å². The van der Waals surface area contributed by atoms with Gasteiger partial charge in [0.2, 0.25) is 0 Å².